The highest BCUT2D eigenvalue weighted by Gasteiger charge is 2.13. The lowest BCUT2D eigenvalue weighted by Gasteiger charge is -1.93. The van der Waals surface area contributed by atoms with Crippen molar-refractivity contribution in [2.24, 2.45) is 0 Å². The Morgan fingerprint density at radius 1 is 1.71 bits per heavy atom. The molecule has 0 rings (SSSR count). The minimum Gasteiger partial charge on any atom is -0.302 e. The molecule has 0 aliphatic carbocycles. The van der Waals surface area contributed by atoms with Crippen LogP contribution >= 0.6 is 20.3 Å². The Morgan fingerprint density at radius 2 is 2.14 bits per heavy atom. The Kier molecular flexibility index (Phi) is 2.78. The zero-order valence-electron chi connectivity index (χ0n) is 2.94. The van der Waals surface area contributed by atoms with Crippen LogP contribution in [0.3, 0.4) is 0 Å². The molecule has 7 heavy (non-hydrogen) atoms. The minimum absolute atomic E-state index is 0.855. The Hall–Kier alpha value is 0.390. The molecule has 44 valence electrons. The van der Waals surface area contributed by atoms with Gasteiger partial charge in [0.05, 0.1) is 0 Å². The third kappa shape index (κ3) is 6.39. The highest BCUT2D eigenvalue weighted by molar-refractivity contribution is 7.93. The average molecular weight is 148 g/mol. The van der Waals surface area contributed by atoms with Crippen LogP contribution < -0.4 is 0 Å². The van der Waals surface area contributed by atoms with Gasteiger partial charge in [0.1, 0.15) is 0 Å². The summed E-state index contributed by atoms with van der Waals surface area (Å²) in [7, 11) is -4.58. The largest absolute Gasteiger partial charge is 0.482 e. The fraction of sp³-hybridized carbons (Fsp3) is 0. The van der Waals surface area contributed by atoms with E-state index >= 15 is 0 Å². The van der Waals surface area contributed by atoms with Crippen LogP contribution in [0.2, 0.25) is 0 Å². The van der Waals surface area contributed by atoms with Crippen molar-refractivity contribution in [3.8, 4) is 0 Å². The van der Waals surface area contributed by atoms with Gasteiger partial charge >= 0.3 is 7.82 Å². The van der Waals surface area contributed by atoms with Gasteiger partial charge in [0.2, 0.25) is 12.4 Å². The van der Waals surface area contributed by atoms with E-state index in [-0.39, 0.29) is 0 Å². The molecule has 0 unspecified atom stereocenters. The number of halogens is 1. The van der Waals surface area contributed by atoms with Gasteiger partial charge < -0.3 is 9.79 Å². The van der Waals surface area contributed by atoms with Crippen LogP contribution in [0.25, 0.3) is 0 Å². The van der Waals surface area contributed by atoms with Crippen LogP contribution in [0.5, 0.6) is 0 Å². The summed E-state index contributed by atoms with van der Waals surface area (Å²) in [6, 6.07) is 0. The van der Waals surface area contributed by atoms with Crippen molar-refractivity contribution in [1.82, 2.24) is 0 Å². The van der Waals surface area contributed by atoms with Crippen LogP contribution in [-0.2, 0) is 8.54 Å². The molecule has 0 fully saturated rings. The highest BCUT2D eigenvalue weighted by Crippen LogP contribution is 2.40. The number of rotatable bonds is 2. The van der Waals surface area contributed by atoms with Gasteiger partial charge in [-0.3, -0.25) is 0 Å². The molecule has 0 bridgehead atoms. The number of phosphoric acid groups is 1. The van der Waals surface area contributed by atoms with E-state index in [2.05, 4.69) is 3.97 Å². The standard InChI is InChI=1S/FH2O4PS/c1-7-5-6(2,3)4/h(H2,2,3,4). The summed E-state index contributed by atoms with van der Waals surface area (Å²) in [5, 5.41) is 0. The molecule has 0 saturated carbocycles. The maximum atomic E-state index is 10.7. The molecule has 0 atom stereocenters. The third-order valence-corrected chi connectivity index (χ3v) is 1.13. The molecule has 2 N–H and O–H groups in total. The van der Waals surface area contributed by atoms with Gasteiger partial charge in [-0.25, -0.2) is 4.57 Å². The van der Waals surface area contributed by atoms with Crippen molar-refractivity contribution in [3.05, 3.63) is 0 Å². The van der Waals surface area contributed by atoms with E-state index in [1.54, 1.807) is 0 Å². The highest BCUT2D eigenvalue weighted by atomic mass is 32.2. The van der Waals surface area contributed by atoms with Gasteiger partial charge in [-0.1, -0.05) is 0 Å². The predicted octanol–water partition coefficient (Wildman–Crippen LogP) is 0.628. The Bertz CT molecular complexity index is 85.7. The zero-order chi connectivity index (χ0) is 5.91. The molecule has 0 aromatic heterocycles. The first-order chi connectivity index (χ1) is 3.06. The molecule has 0 amide bonds. The molecule has 0 saturated heterocycles. The summed E-state index contributed by atoms with van der Waals surface area (Å²) in [5.74, 6) is 0. The van der Waals surface area contributed by atoms with E-state index < -0.39 is 20.3 Å². The first-order valence-electron chi connectivity index (χ1n) is 1.09. The van der Waals surface area contributed by atoms with Gasteiger partial charge in [0.25, 0.3) is 0 Å². The summed E-state index contributed by atoms with van der Waals surface area (Å²) in [6.45, 7) is 0. The molecular formula is H2FO4PS. The summed E-state index contributed by atoms with van der Waals surface area (Å²) in [5.41, 5.74) is 0. The van der Waals surface area contributed by atoms with Crippen molar-refractivity contribution in [2.75, 3.05) is 0 Å². The molecular weight excluding hydrogens is 146 g/mol. The van der Waals surface area contributed by atoms with Gasteiger partial charge in [-0.05, 0) is 0 Å². The maximum Gasteiger partial charge on any atom is 0.482 e. The monoisotopic (exact) mass is 148 g/mol. The third-order valence-electron chi connectivity index (χ3n) is 0.125. The normalized spacial score (nSPS) is 11.9. The van der Waals surface area contributed by atoms with Crippen molar-refractivity contribution in [2.45, 2.75) is 0 Å². The Morgan fingerprint density at radius 3 is 2.14 bits per heavy atom. The minimum atomic E-state index is -4.58. The van der Waals surface area contributed by atoms with Crippen LogP contribution in [0.4, 0.5) is 3.89 Å². The molecule has 0 aliphatic heterocycles. The second kappa shape index (κ2) is 2.64. The molecule has 0 spiro atoms. The second-order valence-electron chi connectivity index (χ2n) is 0.628. The lowest BCUT2D eigenvalue weighted by molar-refractivity contribution is 0.295. The van der Waals surface area contributed by atoms with Crippen LogP contribution in [-0.4, -0.2) is 9.79 Å². The van der Waals surface area contributed by atoms with E-state index in [0.29, 0.717) is 0 Å². The van der Waals surface area contributed by atoms with E-state index in [1.807, 2.05) is 0 Å². The lowest BCUT2D eigenvalue weighted by atomic mass is 15.8. The number of hydrogen-bond donors (Lipinski definition) is 2. The maximum absolute atomic E-state index is 10.7. The molecule has 0 aliphatic rings. The molecule has 0 aromatic rings. The molecule has 0 heterocycles. The summed E-state index contributed by atoms with van der Waals surface area (Å²) in [4.78, 5) is 15.3. The summed E-state index contributed by atoms with van der Waals surface area (Å²) in [6.07, 6.45) is 0. The lowest BCUT2D eigenvalue weighted by Crippen LogP contribution is -1.72. The average Bonchev–Trinajstić information content (AvgIpc) is 1.30. The Labute approximate surface area is 43.4 Å². The van der Waals surface area contributed by atoms with Gasteiger partial charge in [-0.2, -0.15) is 3.97 Å². The van der Waals surface area contributed by atoms with Crippen molar-refractivity contribution in [1.29, 1.82) is 0 Å². The van der Waals surface area contributed by atoms with Crippen LogP contribution in [0.15, 0.2) is 0 Å². The summed E-state index contributed by atoms with van der Waals surface area (Å²) >= 11 is -0.855. The number of hydrogen-bond acceptors (Lipinski definition) is 3. The van der Waals surface area contributed by atoms with E-state index in [4.69, 9.17) is 9.79 Å². The first kappa shape index (κ1) is 7.39. The van der Waals surface area contributed by atoms with Gasteiger partial charge in [-0.15, -0.1) is 3.89 Å². The van der Waals surface area contributed by atoms with Gasteiger partial charge in [0, 0.05) is 0 Å². The van der Waals surface area contributed by atoms with Gasteiger partial charge in [0.15, 0.2) is 0 Å². The smallest absolute Gasteiger partial charge is 0.302 e. The van der Waals surface area contributed by atoms with Crippen molar-refractivity contribution in [3.63, 3.8) is 0 Å². The van der Waals surface area contributed by atoms with Crippen molar-refractivity contribution >= 4 is 20.3 Å². The summed E-state index contributed by atoms with van der Waals surface area (Å²) < 4.78 is 23.3. The van der Waals surface area contributed by atoms with Crippen LogP contribution in [0.1, 0.15) is 0 Å². The molecule has 0 aromatic carbocycles. The molecule has 7 heteroatoms. The quantitative estimate of drug-likeness (QED) is 0.444. The molecule has 0 radical (unpaired) electrons. The zero-order valence-corrected chi connectivity index (χ0v) is 4.66. The second-order valence-corrected chi connectivity index (χ2v) is 2.33. The van der Waals surface area contributed by atoms with Crippen molar-refractivity contribution < 1.29 is 22.2 Å². The predicted molar refractivity (Wildman–Crippen MR) is 21.8 cm³/mol. The van der Waals surface area contributed by atoms with E-state index in [0.717, 1.165) is 0 Å². The first-order valence-corrected chi connectivity index (χ1v) is 3.26. The topological polar surface area (TPSA) is 66.8 Å². The Balaban J connectivity index is 3.36. The SMILES string of the molecule is O=P(O)(O)OSF. The fourth-order valence-corrected chi connectivity index (χ4v) is 0.330. The fourth-order valence-electron chi connectivity index (χ4n) is 0.0367. The van der Waals surface area contributed by atoms with E-state index in [9.17, 15) is 8.45 Å². The van der Waals surface area contributed by atoms with E-state index in [1.165, 1.54) is 0 Å². The van der Waals surface area contributed by atoms with Crippen LogP contribution in [0, 0.1) is 0 Å². The molecule has 4 nitrogen and oxygen atoms in total.